The molecule has 2 nitrogen and oxygen atoms in total. The van der Waals surface area contributed by atoms with Crippen molar-refractivity contribution in [1.82, 2.24) is 4.98 Å². The van der Waals surface area contributed by atoms with E-state index in [1.807, 2.05) is 24.4 Å². The fourth-order valence-corrected chi connectivity index (χ4v) is 4.97. The van der Waals surface area contributed by atoms with E-state index in [1.54, 1.807) is 11.3 Å². The Labute approximate surface area is 172 Å². The highest BCUT2D eigenvalue weighted by Gasteiger charge is 2.14. The largest absolute Gasteiger partial charge is 0.455 e. The van der Waals surface area contributed by atoms with Gasteiger partial charge in [0.2, 0.25) is 0 Å². The van der Waals surface area contributed by atoms with Gasteiger partial charge < -0.3 is 4.42 Å². The number of fused-ring (bicyclic) bond motifs is 4. The lowest BCUT2D eigenvalue weighted by atomic mass is 10.1. The first-order valence-electron chi connectivity index (χ1n) is 9.63. The first-order chi connectivity index (χ1) is 14.3. The number of aryl methyl sites for hydroxylation is 1. The van der Waals surface area contributed by atoms with Crippen LogP contribution in [-0.2, 0) is 0 Å². The summed E-state index contributed by atoms with van der Waals surface area (Å²) in [5.74, 6) is 0. The van der Waals surface area contributed by atoms with Gasteiger partial charge in [0.15, 0.2) is 0 Å². The van der Waals surface area contributed by atoms with Gasteiger partial charge in [-0.2, -0.15) is 0 Å². The summed E-state index contributed by atoms with van der Waals surface area (Å²) in [4.78, 5) is 6.03. The van der Waals surface area contributed by atoms with E-state index < -0.39 is 0 Å². The van der Waals surface area contributed by atoms with Crippen LogP contribution in [0.4, 0.5) is 0 Å². The van der Waals surface area contributed by atoms with Crippen LogP contribution in [0.15, 0.2) is 89.5 Å². The Morgan fingerprint density at radius 1 is 0.828 bits per heavy atom. The molecule has 138 valence electrons. The van der Waals surface area contributed by atoms with Crippen molar-refractivity contribution in [1.29, 1.82) is 0 Å². The second kappa shape index (κ2) is 6.29. The number of benzene rings is 3. The molecule has 3 aromatic heterocycles. The van der Waals surface area contributed by atoms with Crippen molar-refractivity contribution in [2.45, 2.75) is 6.92 Å². The molecule has 0 N–H and O–H groups in total. The van der Waals surface area contributed by atoms with E-state index in [0.29, 0.717) is 0 Å². The van der Waals surface area contributed by atoms with Crippen LogP contribution in [0, 0.1) is 6.92 Å². The van der Waals surface area contributed by atoms with Gasteiger partial charge >= 0.3 is 0 Å². The van der Waals surface area contributed by atoms with Gasteiger partial charge in [-0.15, -0.1) is 11.3 Å². The van der Waals surface area contributed by atoms with Crippen LogP contribution >= 0.6 is 11.3 Å². The van der Waals surface area contributed by atoms with Gasteiger partial charge in [-0.1, -0.05) is 60.2 Å². The van der Waals surface area contributed by atoms with Crippen LogP contribution in [0.3, 0.4) is 0 Å². The highest BCUT2D eigenvalue weighted by Crippen LogP contribution is 2.38. The SMILES string of the molecule is Cc1ccc(-c2cc3cnc(-c4cccc5c4oc4ccccc45)cc3s2)cc1. The summed E-state index contributed by atoms with van der Waals surface area (Å²) in [6, 6.07) is 27.6. The number of hydrogen-bond acceptors (Lipinski definition) is 3. The Balaban J connectivity index is 1.52. The summed E-state index contributed by atoms with van der Waals surface area (Å²) in [7, 11) is 0. The summed E-state index contributed by atoms with van der Waals surface area (Å²) in [6.45, 7) is 2.11. The predicted octanol–water partition coefficient (Wildman–Crippen LogP) is 7.84. The third kappa shape index (κ3) is 2.66. The summed E-state index contributed by atoms with van der Waals surface area (Å²) < 4.78 is 7.43. The summed E-state index contributed by atoms with van der Waals surface area (Å²) in [6.07, 6.45) is 1.97. The third-order valence-electron chi connectivity index (χ3n) is 5.42. The molecule has 0 radical (unpaired) electrons. The second-order valence-corrected chi connectivity index (χ2v) is 8.45. The zero-order valence-corrected chi connectivity index (χ0v) is 16.7. The van der Waals surface area contributed by atoms with Crippen LogP contribution in [0.1, 0.15) is 5.56 Å². The van der Waals surface area contributed by atoms with Gasteiger partial charge in [0.1, 0.15) is 11.2 Å². The van der Waals surface area contributed by atoms with E-state index in [9.17, 15) is 0 Å². The van der Waals surface area contributed by atoms with Crippen molar-refractivity contribution in [3.05, 3.63) is 90.6 Å². The van der Waals surface area contributed by atoms with E-state index in [2.05, 4.69) is 67.6 Å². The minimum Gasteiger partial charge on any atom is -0.455 e. The monoisotopic (exact) mass is 391 g/mol. The molecular formula is C26H17NOS. The molecule has 0 fully saturated rings. The smallest absolute Gasteiger partial charge is 0.144 e. The number of thiophene rings is 1. The second-order valence-electron chi connectivity index (χ2n) is 7.36. The molecule has 0 spiro atoms. The highest BCUT2D eigenvalue weighted by molar-refractivity contribution is 7.22. The lowest BCUT2D eigenvalue weighted by Gasteiger charge is -2.02. The molecule has 0 unspecified atom stereocenters. The van der Waals surface area contributed by atoms with Crippen LogP contribution in [-0.4, -0.2) is 4.98 Å². The van der Waals surface area contributed by atoms with E-state index in [4.69, 9.17) is 9.40 Å². The molecule has 6 rings (SSSR count). The number of para-hydroxylation sites is 2. The van der Waals surface area contributed by atoms with Gasteiger partial charge in [0.05, 0.1) is 5.69 Å². The van der Waals surface area contributed by atoms with E-state index >= 15 is 0 Å². The van der Waals surface area contributed by atoms with Crippen LogP contribution in [0.25, 0.3) is 53.7 Å². The third-order valence-corrected chi connectivity index (χ3v) is 6.56. The average molecular weight is 391 g/mol. The molecule has 3 aromatic carbocycles. The summed E-state index contributed by atoms with van der Waals surface area (Å²) in [5, 5.41) is 3.45. The molecule has 3 heterocycles. The molecule has 3 heteroatoms. The van der Waals surface area contributed by atoms with Crippen LogP contribution < -0.4 is 0 Å². The first kappa shape index (κ1) is 16.5. The Kier molecular flexibility index (Phi) is 3.58. The van der Waals surface area contributed by atoms with Gasteiger partial charge in [-0.25, -0.2) is 0 Å². The standard InChI is InChI=1S/C26H17NOS/c1-16-9-11-17(12-10-16)24-13-18-15-27-22(14-25(18)29-24)21-7-4-6-20-19-5-2-3-8-23(19)28-26(20)21/h2-15H,1H3. The molecule has 0 saturated heterocycles. The lowest BCUT2D eigenvalue weighted by molar-refractivity contribution is 0.670. The topological polar surface area (TPSA) is 26.0 Å². The van der Waals surface area contributed by atoms with Gasteiger partial charge in [0, 0.05) is 37.5 Å². The van der Waals surface area contributed by atoms with Gasteiger partial charge in [-0.05, 0) is 36.8 Å². The molecule has 0 amide bonds. The summed E-state index contributed by atoms with van der Waals surface area (Å²) in [5.41, 5.74) is 6.31. The molecule has 0 saturated carbocycles. The minimum atomic E-state index is 0.899. The number of pyridine rings is 1. The fourth-order valence-electron chi connectivity index (χ4n) is 3.89. The van der Waals surface area contributed by atoms with Crippen LogP contribution in [0.2, 0.25) is 0 Å². The maximum absolute atomic E-state index is 6.20. The lowest BCUT2D eigenvalue weighted by Crippen LogP contribution is -1.83. The quantitative estimate of drug-likeness (QED) is 0.300. The summed E-state index contributed by atoms with van der Waals surface area (Å²) >= 11 is 1.80. The number of hydrogen-bond donors (Lipinski definition) is 0. The average Bonchev–Trinajstić information content (AvgIpc) is 3.35. The number of nitrogens with zero attached hydrogens (tertiary/aromatic N) is 1. The number of rotatable bonds is 2. The van der Waals surface area contributed by atoms with E-state index in [0.717, 1.165) is 33.2 Å². The Morgan fingerprint density at radius 3 is 2.55 bits per heavy atom. The maximum atomic E-state index is 6.20. The molecule has 0 aliphatic rings. The van der Waals surface area contributed by atoms with Crippen molar-refractivity contribution in [2.24, 2.45) is 0 Å². The van der Waals surface area contributed by atoms with Crippen molar-refractivity contribution in [2.75, 3.05) is 0 Å². The zero-order chi connectivity index (χ0) is 19.4. The fraction of sp³-hybridized carbons (Fsp3) is 0.0385. The molecule has 6 aromatic rings. The molecule has 0 aliphatic heterocycles. The van der Waals surface area contributed by atoms with Crippen molar-refractivity contribution in [3.8, 4) is 21.7 Å². The maximum Gasteiger partial charge on any atom is 0.144 e. The van der Waals surface area contributed by atoms with Crippen LogP contribution in [0.5, 0.6) is 0 Å². The van der Waals surface area contributed by atoms with Crippen molar-refractivity contribution >= 4 is 43.4 Å². The minimum absolute atomic E-state index is 0.899. The molecule has 0 aliphatic carbocycles. The van der Waals surface area contributed by atoms with E-state index in [-0.39, 0.29) is 0 Å². The van der Waals surface area contributed by atoms with Gasteiger partial charge in [-0.3, -0.25) is 4.98 Å². The number of aromatic nitrogens is 1. The first-order valence-corrected chi connectivity index (χ1v) is 10.5. The highest BCUT2D eigenvalue weighted by atomic mass is 32.1. The molecule has 0 atom stereocenters. The Hall–Kier alpha value is -3.43. The Bertz CT molecular complexity index is 1510. The molecular weight excluding hydrogens is 374 g/mol. The van der Waals surface area contributed by atoms with E-state index in [1.165, 1.54) is 26.1 Å². The number of furan rings is 1. The van der Waals surface area contributed by atoms with Crippen molar-refractivity contribution < 1.29 is 4.42 Å². The molecule has 0 bridgehead atoms. The zero-order valence-electron chi connectivity index (χ0n) is 15.8. The Morgan fingerprint density at radius 2 is 1.66 bits per heavy atom. The predicted molar refractivity (Wildman–Crippen MR) is 123 cm³/mol. The van der Waals surface area contributed by atoms with Gasteiger partial charge in [0.25, 0.3) is 0 Å². The normalized spacial score (nSPS) is 11.6. The van der Waals surface area contributed by atoms with Crippen molar-refractivity contribution in [3.63, 3.8) is 0 Å². The molecule has 29 heavy (non-hydrogen) atoms.